The summed E-state index contributed by atoms with van der Waals surface area (Å²) in [6.45, 7) is 5.84. The second kappa shape index (κ2) is 8.39. The van der Waals surface area contributed by atoms with Gasteiger partial charge in [0, 0.05) is 25.1 Å². The second-order valence-electron chi connectivity index (χ2n) is 6.13. The van der Waals surface area contributed by atoms with Crippen LogP contribution in [0.2, 0.25) is 0 Å². The van der Waals surface area contributed by atoms with Crippen molar-refractivity contribution in [3.05, 3.63) is 42.1 Å². The number of rotatable bonds is 7. The predicted molar refractivity (Wildman–Crippen MR) is 93.8 cm³/mol. The van der Waals surface area contributed by atoms with Gasteiger partial charge in [-0.1, -0.05) is 19.9 Å². The van der Waals surface area contributed by atoms with Gasteiger partial charge in [-0.15, -0.1) is 0 Å². The van der Waals surface area contributed by atoms with Gasteiger partial charge in [0.15, 0.2) is 0 Å². The Bertz CT molecular complexity index is 723. The average molecular weight is 344 g/mol. The van der Waals surface area contributed by atoms with E-state index >= 15 is 0 Å². The van der Waals surface area contributed by atoms with Gasteiger partial charge in [0.2, 0.25) is 11.8 Å². The quantitative estimate of drug-likeness (QED) is 0.668. The van der Waals surface area contributed by atoms with Gasteiger partial charge in [0.25, 0.3) is 0 Å². The van der Waals surface area contributed by atoms with E-state index in [1.807, 2.05) is 43.7 Å². The Labute approximate surface area is 146 Å². The van der Waals surface area contributed by atoms with Gasteiger partial charge in [-0.2, -0.15) is 0 Å². The lowest BCUT2D eigenvalue weighted by Crippen LogP contribution is -2.47. The molecule has 25 heavy (non-hydrogen) atoms. The zero-order chi connectivity index (χ0) is 18.4. The molecule has 0 saturated heterocycles. The fourth-order valence-electron chi connectivity index (χ4n) is 2.13. The molecule has 2 rings (SSSR count). The van der Waals surface area contributed by atoms with E-state index in [1.165, 1.54) is 0 Å². The largest absolute Gasteiger partial charge is 0.350 e. The first kappa shape index (κ1) is 18.6. The summed E-state index contributed by atoms with van der Waals surface area (Å²) in [7, 11) is 0. The van der Waals surface area contributed by atoms with Crippen LogP contribution in [0.1, 0.15) is 25.2 Å². The van der Waals surface area contributed by atoms with Crippen LogP contribution in [0, 0.1) is 12.8 Å². The molecule has 4 N–H and O–H groups in total. The van der Waals surface area contributed by atoms with Crippen molar-refractivity contribution >= 4 is 11.8 Å². The summed E-state index contributed by atoms with van der Waals surface area (Å²) < 4.78 is 1.87. The van der Waals surface area contributed by atoms with Crippen molar-refractivity contribution in [3.63, 3.8) is 0 Å². The summed E-state index contributed by atoms with van der Waals surface area (Å²) in [5.41, 5.74) is 6.58. The van der Waals surface area contributed by atoms with E-state index in [1.54, 1.807) is 12.4 Å². The summed E-state index contributed by atoms with van der Waals surface area (Å²) in [6.07, 6.45) is 5.25. The van der Waals surface area contributed by atoms with E-state index in [-0.39, 0.29) is 24.3 Å². The van der Waals surface area contributed by atoms with Crippen LogP contribution in [0.15, 0.2) is 30.7 Å². The average Bonchev–Trinajstić information content (AvgIpc) is 3.03. The molecular formula is C17H24N6O2. The maximum absolute atomic E-state index is 11.8. The Hall–Kier alpha value is -2.74. The Morgan fingerprint density at radius 2 is 2.00 bits per heavy atom. The molecule has 0 aliphatic carbocycles. The fraction of sp³-hybridized carbons (Fsp3) is 0.412. The molecular weight excluding hydrogens is 320 g/mol. The van der Waals surface area contributed by atoms with Gasteiger partial charge in [-0.05, 0) is 24.5 Å². The smallest absolute Gasteiger partial charge is 0.239 e. The highest BCUT2D eigenvalue weighted by Crippen LogP contribution is 2.08. The number of carbonyl (C=O) groups excluding carboxylic acids is 2. The number of hydrogen-bond acceptors (Lipinski definition) is 5. The van der Waals surface area contributed by atoms with Crippen molar-refractivity contribution in [1.29, 1.82) is 0 Å². The van der Waals surface area contributed by atoms with Gasteiger partial charge in [0.1, 0.15) is 11.6 Å². The highest BCUT2D eigenvalue weighted by Gasteiger charge is 2.17. The number of carbonyl (C=O) groups is 2. The summed E-state index contributed by atoms with van der Waals surface area (Å²) >= 11 is 0. The summed E-state index contributed by atoms with van der Waals surface area (Å²) in [4.78, 5) is 32.0. The number of aromatic nitrogens is 3. The lowest BCUT2D eigenvalue weighted by Gasteiger charge is -2.15. The molecule has 0 unspecified atom stereocenters. The molecule has 2 aromatic rings. The standard InChI is InChI=1S/C17H24N6O2/c1-11(2)16(18)17(25)22-10-15(24)21-9-13-4-5-14(20-8-13)23-7-6-19-12(23)3/h4-8,11,16H,9-10,18H2,1-3H3,(H,21,24)(H,22,25)/t16-/m0/s1. The van der Waals surface area contributed by atoms with E-state index in [0.29, 0.717) is 6.54 Å². The summed E-state index contributed by atoms with van der Waals surface area (Å²) in [5.74, 6) is 1.03. The number of imidazole rings is 1. The molecule has 8 heteroatoms. The number of nitrogens with one attached hydrogen (secondary N) is 2. The molecule has 1 atom stereocenters. The van der Waals surface area contributed by atoms with Crippen molar-refractivity contribution in [2.24, 2.45) is 11.7 Å². The van der Waals surface area contributed by atoms with Gasteiger partial charge in [-0.3, -0.25) is 14.2 Å². The van der Waals surface area contributed by atoms with Crippen molar-refractivity contribution in [2.45, 2.75) is 33.4 Å². The van der Waals surface area contributed by atoms with Crippen LogP contribution in [-0.2, 0) is 16.1 Å². The first-order valence-corrected chi connectivity index (χ1v) is 8.13. The van der Waals surface area contributed by atoms with E-state index < -0.39 is 6.04 Å². The number of aryl methyl sites for hydroxylation is 1. The lowest BCUT2D eigenvalue weighted by molar-refractivity contribution is -0.127. The molecule has 0 saturated carbocycles. The fourth-order valence-corrected chi connectivity index (χ4v) is 2.13. The van der Waals surface area contributed by atoms with Gasteiger partial charge in [-0.25, -0.2) is 9.97 Å². The molecule has 0 aliphatic rings. The number of nitrogens with zero attached hydrogens (tertiary/aromatic N) is 3. The van der Waals surface area contributed by atoms with E-state index in [0.717, 1.165) is 17.2 Å². The molecule has 0 aromatic carbocycles. The molecule has 2 heterocycles. The lowest BCUT2D eigenvalue weighted by atomic mass is 10.1. The second-order valence-corrected chi connectivity index (χ2v) is 6.13. The summed E-state index contributed by atoms with van der Waals surface area (Å²) in [5, 5.41) is 5.27. The van der Waals surface area contributed by atoms with Crippen LogP contribution in [0.5, 0.6) is 0 Å². The number of hydrogen-bond donors (Lipinski definition) is 3. The molecule has 0 spiro atoms. The molecule has 134 valence electrons. The van der Waals surface area contributed by atoms with Crippen LogP contribution >= 0.6 is 0 Å². The number of nitrogens with two attached hydrogens (primary N) is 1. The molecule has 2 aromatic heterocycles. The molecule has 2 amide bonds. The molecule has 0 radical (unpaired) electrons. The van der Waals surface area contributed by atoms with Gasteiger partial charge < -0.3 is 16.4 Å². The SMILES string of the molecule is Cc1nccn1-c1ccc(CNC(=O)CNC(=O)[C@@H](N)C(C)C)cn1. The third-order valence-electron chi connectivity index (χ3n) is 3.82. The third-order valence-corrected chi connectivity index (χ3v) is 3.82. The third kappa shape index (κ3) is 5.12. The van der Waals surface area contributed by atoms with Crippen molar-refractivity contribution < 1.29 is 9.59 Å². The van der Waals surface area contributed by atoms with E-state index in [2.05, 4.69) is 20.6 Å². The zero-order valence-electron chi connectivity index (χ0n) is 14.7. The van der Waals surface area contributed by atoms with E-state index in [9.17, 15) is 9.59 Å². The molecule has 0 aliphatic heterocycles. The van der Waals surface area contributed by atoms with Crippen LogP contribution in [0.3, 0.4) is 0 Å². The van der Waals surface area contributed by atoms with Crippen LogP contribution in [0.4, 0.5) is 0 Å². The minimum absolute atomic E-state index is 0.0202. The first-order chi connectivity index (χ1) is 11.9. The van der Waals surface area contributed by atoms with Crippen LogP contribution in [-0.4, -0.2) is 38.9 Å². The van der Waals surface area contributed by atoms with Crippen molar-refractivity contribution in [3.8, 4) is 5.82 Å². The zero-order valence-corrected chi connectivity index (χ0v) is 14.7. The minimum Gasteiger partial charge on any atom is -0.350 e. The van der Waals surface area contributed by atoms with Gasteiger partial charge >= 0.3 is 0 Å². The number of amides is 2. The van der Waals surface area contributed by atoms with E-state index in [4.69, 9.17) is 5.73 Å². The van der Waals surface area contributed by atoms with Crippen LogP contribution < -0.4 is 16.4 Å². The number of pyridine rings is 1. The maximum Gasteiger partial charge on any atom is 0.239 e. The highest BCUT2D eigenvalue weighted by molar-refractivity contribution is 5.87. The van der Waals surface area contributed by atoms with Crippen molar-refractivity contribution in [1.82, 2.24) is 25.2 Å². The normalized spacial score (nSPS) is 12.0. The van der Waals surface area contributed by atoms with Gasteiger partial charge in [0.05, 0.1) is 12.6 Å². The summed E-state index contributed by atoms with van der Waals surface area (Å²) in [6, 6.07) is 3.13. The Kier molecular flexibility index (Phi) is 6.24. The van der Waals surface area contributed by atoms with Crippen LogP contribution in [0.25, 0.3) is 5.82 Å². The first-order valence-electron chi connectivity index (χ1n) is 8.13. The topological polar surface area (TPSA) is 115 Å². The molecule has 0 bridgehead atoms. The predicted octanol–water partition coefficient (Wildman–Crippen LogP) is 0.291. The Morgan fingerprint density at radius 1 is 1.24 bits per heavy atom. The van der Waals surface area contributed by atoms with Crippen molar-refractivity contribution in [2.75, 3.05) is 6.54 Å². The maximum atomic E-state index is 11.8. The Balaban J connectivity index is 1.80. The molecule has 0 fully saturated rings. The molecule has 8 nitrogen and oxygen atoms in total. The highest BCUT2D eigenvalue weighted by atomic mass is 16.2. The Morgan fingerprint density at radius 3 is 2.56 bits per heavy atom. The minimum atomic E-state index is -0.615. The monoisotopic (exact) mass is 344 g/mol.